The second-order valence-corrected chi connectivity index (χ2v) is 11.9. The Morgan fingerprint density at radius 3 is 2.58 bits per heavy atom. The van der Waals surface area contributed by atoms with Gasteiger partial charge in [0.15, 0.2) is 9.84 Å². The Hall–Kier alpha value is -3.78. The van der Waals surface area contributed by atoms with Crippen LogP contribution in [0, 0.1) is 0 Å². The van der Waals surface area contributed by atoms with Crippen LogP contribution in [0.1, 0.15) is 52.2 Å². The van der Waals surface area contributed by atoms with Crippen LogP contribution < -0.4 is 10.6 Å². The van der Waals surface area contributed by atoms with Crippen molar-refractivity contribution in [1.29, 1.82) is 0 Å². The summed E-state index contributed by atoms with van der Waals surface area (Å²) in [5.41, 5.74) is 0.392. The zero-order valence-corrected chi connectivity index (χ0v) is 22.6. The Morgan fingerprint density at radius 2 is 1.93 bits per heavy atom. The predicted octanol–water partition coefficient (Wildman–Crippen LogP) is 3.95. The molecule has 3 aromatic rings. The van der Waals surface area contributed by atoms with Crippen molar-refractivity contribution in [1.82, 2.24) is 19.9 Å². The zero-order valence-electron chi connectivity index (χ0n) is 21.8. The molecule has 0 aliphatic carbocycles. The monoisotopic (exact) mass is 578 g/mol. The normalized spacial score (nSPS) is 16.9. The summed E-state index contributed by atoms with van der Waals surface area (Å²) in [7, 11) is -3.49. The van der Waals surface area contributed by atoms with Gasteiger partial charge in [0.2, 0.25) is 5.95 Å². The van der Waals surface area contributed by atoms with E-state index in [0.29, 0.717) is 42.4 Å². The Kier molecular flexibility index (Phi) is 8.59. The molecule has 0 radical (unpaired) electrons. The number of halogens is 3. The van der Waals surface area contributed by atoms with E-state index in [-0.39, 0.29) is 30.6 Å². The molecule has 14 heteroatoms. The van der Waals surface area contributed by atoms with Crippen LogP contribution in [0.3, 0.4) is 0 Å². The minimum absolute atomic E-state index is 0.121. The van der Waals surface area contributed by atoms with Crippen LogP contribution in [0.4, 0.5) is 30.6 Å². The summed E-state index contributed by atoms with van der Waals surface area (Å²) in [5.74, 6) is -0.838. The number of benzene rings is 1. The van der Waals surface area contributed by atoms with E-state index in [1.54, 1.807) is 41.3 Å². The van der Waals surface area contributed by atoms with Crippen molar-refractivity contribution in [2.45, 2.75) is 43.8 Å². The molecular formula is C26H29F3N6O4S. The van der Waals surface area contributed by atoms with Crippen LogP contribution in [0.25, 0.3) is 0 Å². The van der Waals surface area contributed by atoms with Gasteiger partial charge in [-0.25, -0.2) is 13.4 Å². The average molecular weight is 579 g/mol. The third-order valence-corrected chi connectivity index (χ3v) is 8.07. The molecule has 1 fully saturated rings. The fourth-order valence-electron chi connectivity index (χ4n) is 4.28. The number of alkyl halides is 3. The maximum atomic E-state index is 13.7. The number of nitrogens with one attached hydrogen (secondary N) is 2. The van der Waals surface area contributed by atoms with E-state index < -0.39 is 38.7 Å². The first-order valence-electron chi connectivity index (χ1n) is 12.5. The van der Waals surface area contributed by atoms with Crippen LogP contribution in [0.15, 0.2) is 48.8 Å². The number of rotatable bonds is 8. The first-order valence-corrected chi connectivity index (χ1v) is 14.4. The third-order valence-electron chi connectivity index (χ3n) is 6.57. The standard InChI is InChI=1S/C26H29F3N6O4S/c1-16(40(2,38)39)22-18(5-3-11-30-22)13-31-23-21(26(27,28)29)14-32-25(34-23)33-19-9-7-17(8-10-19)24(37)35-12-4-6-20(36)15-35/h3,5,7-11,14,16,20,36H,4,6,12-13,15H2,1-2H3,(H2,31,32,33,34). The van der Waals surface area contributed by atoms with Crippen molar-refractivity contribution in [3.05, 3.63) is 71.2 Å². The van der Waals surface area contributed by atoms with Gasteiger partial charge in [0, 0.05) is 49.5 Å². The number of β-amino-alcohol motifs (C(OH)–C–C–N with tert-alkyl or cyclic N) is 1. The van der Waals surface area contributed by atoms with Crippen LogP contribution in [0.2, 0.25) is 0 Å². The number of aliphatic hydroxyl groups is 1. The van der Waals surface area contributed by atoms with Gasteiger partial charge in [0.1, 0.15) is 16.6 Å². The molecule has 3 N–H and O–H groups in total. The Bertz CT molecular complexity index is 1470. The summed E-state index contributed by atoms with van der Waals surface area (Å²) < 4.78 is 65.2. The first-order chi connectivity index (χ1) is 18.8. The highest BCUT2D eigenvalue weighted by Gasteiger charge is 2.35. The molecule has 4 rings (SSSR count). The summed E-state index contributed by atoms with van der Waals surface area (Å²) in [6, 6.07) is 9.45. The number of anilines is 3. The lowest BCUT2D eigenvalue weighted by molar-refractivity contribution is -0.137. The maximum Gasteiger partial charge on any atom is 0.421 e. The van der Waals surface area contributed by atoms with Gasteiger partial charge in [0.05, 0.1) is 11.8 Å². The number of hydrogen-bond donors (Lipinski definition) is 3. The molecule has 2 unspecified atom stereocenters. The average Bonchev–Trinajstić information content (AvgIpc) is 2.90. The molecule has 3 heterocycles. The molecule has 214 valence electrons. The summed E-state index contributed by atoms with van der Waals surface area (Å²) in [5, 5.41) is 14.4. The highest BCUT2D eigenvalue weighted by Crippen LogP contribution is 2.34. The Labute approximate surface area is 229 Å². The molecule has 2 atom stereocenters. The molecule has 0 saturated carbocycles. The number of likely N-dealkylation sites (tertiary alicyclic amines) is 1. The molecule has 1 aromatic carbocycles. The Morgan fingerprint density at radius 1 is 1.20 bits per heavy atom. The SMILES string of the molecule is CC(c1ncccc1CNc1nc(Nc2ccc(C(=O)N3CCCC(O)C3)cc2)ncc1C(F)(F)F)S(C)(=O)=O. The van der Waals surface area contributed by atoms with Crippen LogP contribution in [0.5, 0.6) is 0 Å². The van der Waals surface area contributed by atoms with Crippen LogP contribution in [-0.2, 0) is 22.6 Å². The van der Waals surface area contributed by atoms with Crippen molar-refractivity contribution in [3.63, 3.8) is 0 Å². The zero-order chi connectivity index (χ0) is 29.1. The number of aromatic nitrogens is 3. The van der Waals surface area contributed by atoms with E-state index in [0.717, 1.165) is 6.26 Å². The third kappa shape index (κ3) is 7.04. The number of nitrogens with zero attached hydrogens (tertiary/aromatic N) is 4. The minimum Gasteiger partial charge on any atom is -0.391 e. The molecule has 0 spiro atoms. The molecule has 40 heavy (non-hydrogen) atoms. The van der Waals surface area contributed by atoms with Crippen molar-refractivity contribution >= 4 is 33.2 Å². The van der Waals surface area contributed by atoms with Gasteiger partial charge >= 0.3 is 6.18 Å². The van der Waals surface area contributed by atoms with Crippen LogP contribution in [-0.4, -0.2) is 64.7 Å². The molecular weight excluding hydrogens is 549 g/mol. The second kappa shape index (κ2) is 11.8. The number of hydrogen-bond acceptors (Lipinski definition) is 9. The van der Waals surface area contributed by atoms with Gasteiger partial charge in [-0.1, -0.05) is 6.07 Å². The number of carbonyl (C=O) groups excluding carboxylic acids is 1. The lowest BCUT2D eigenvalue weighted by atomic mass is 10.1. The topological polar surface area (TPSA) is 137 Å². The number of carbonyl (C=O) groups is 1. The summed E-state index contributed by atoms with van der Waals surface area (Å²) in [6.07, 6.45) is -0.793. The van der Waals surface area contributed by atoms with Gasteiger partial charge in [-0.15, -0.1) is 0 Å². The lowest BCUT2D eigenvalue weighted by Crippen LogP contribution is -2.42. The predicted molar refractivity (Wildman–Crippen MR) is 143 cm³/mol. The van der Waals surface area contributed by atoms with Crippen molar-refractivity contribution < 1.29 is 31.5 Å². The van der Waals surface area contributed by atoms with Gasteiger partial charge in [0.25, 0.3) is 5.91 Å². The maximum absolute atomic E-state index is 13.7. The summed E-state index contributed by atoms with van der Waals surface area (Å²) in [6.45, 7) is 2.12. The fourth-order valence-corrected chi connectivity index (χ4v) is 4.90. The smallest absolute Gasteiger partial charge is 0.391 e. The molecule has 1 aliphatic rings. The van der Waals surface area contributed by atoms with E-state index in [2.05, 4.69) is 25.6 Å². The largest absolute Gasteiger partial charge is 0.421 e. The highest BCUT2D eigenvalue weighted by atomic mass is 32.2. The lowest BCUT2D eigenvalue weighted by Gasteiger charge is -2.30. The van der Waals surface area contributed by atoms with Crippen molar-refractivity contribution in [2.75, 3.05) is 30.0 Å². The molecule has 1 saturated heterocycles. The summed E-state index contributed by atoms with van der Waals surface area (Å²) >= 11 is 0. The van der Waals surface area contributed by atoms with Crippen molar-refractivity contribution in [3.8, 4) is 0 Å². The first kappa shape index (κ1) is 29.2. The quantitative estimate of drug-likeness (QED) is 0.363. The molecule has 10 nitrogen and oxygen atoms in total. The molecule has 2 aromatic heterocycles. The minimum atomic E-state index is -4.75. The molecule has 1 amide bonds. The number of aliphatic hydroxyl groups excluding tert-OH is 1. The second-order valence-electron chi connectivity index (χ2n) is 9.58. The van der Waals surface area contributed by atoms with E-state index >= 15 is 0 Å². The van der Waals surface area contributed by atoms with E-state index in [1.807, 2.05) is 0 Å². The number of piperidine rings is 1. The van der Waals surface area contributed by atoms with Gasteiger partial charge in [-0.3, -0.25) is 9.78 Å². The van der Waals surface area contributed by atoms with Gasteiger partial charge < -0.3 is 20.6 Å². The number of sulfone groups is 1. The number of amides is 1. The van der Waals surface area contributed by atoms with Gasteiger partial charge in [-0.2, -0.15) is 18.2 Å². The summed E-state index contributed by atoms with van der Waals surface area (Å²) in [4.78, 5) is 26.2. The van der Waals surface area contributed by atoms with E-state index in [4.69, 9.17) is 0 Å². The van der Waals surface area contributed by atoms with Gasteiger partial charge in [-0.05, 0) is 55.7 Å². The fraction of sp³-hybridized carbons (Fsp3) is 0.385. The van der Waals surface area contributed by atoms with Crippen LogP contribution >= 0.6 is 0 Å². The van der Waals surface area contributed by atoms with E-state index in [1.165, 1.54) is 13.1 Å². The number of pyridine rings is 1. The van der Waals surface area contributed by atoms with E-state index in [9.17, 15) is 31.5 Å². The van der Waals surface area contributed by atoms with Crippen molar-refractivity contribution in [2.24, 2.45) is 0 Å². The molecule has 1 aliphatic heterocycles. The molecule has 0 bridgehead atoms. The Balaban J connectivity index is 1.52. The highest BCUT2D eigenvalue weighted by molar-refractivity contribution is 7.90.